The Morgan fingerprint density at radius 3 is 2.22 bits per heavy atom. The lowest BCUT2D eigenvalue weighted by Gasteiger charge is -2.31. The second-order valence-electron chi connectivity index (χ2n) is 8.78. The lowest BCUT2D eigenvalue weighted by Crippen LogP contribution is -2.40. The Morgan fingerprint density at radius 2 is 1.59 bits per heavy atom. The van der Waals surface area contributed by atoms with E-state index in [0.29, 0.717) is 32.8 Å². The molecule has 2 aromatic carbocycles. The predicted octanol–water partition coefficient (Wildman–Crippen LogP) is 4.28. The van der Waals surface area contributed by atoms with E-state index in [1.165, 1.54) is 16.7 Å². The quantitative estimate of drug-likeness (QED) is 0.789. The molecule has 0 radical (unpaired) electrons. The Labute approximate surface area is 188 Å². The van der Waals surface area contributed by atoms with Gasteiger partial charge in [0.25, 0.3) is 0 Å². The molecular weight excluding hydrogens is 402 g/mol. The van der Waals surface area contributed by atoms with Crippen molar-refractivity contribution in [3.63, 3.8) is 0 Å². The third kappa shape index (κ3) is 4.41. The number of anilines is 1. The number of rotatable bonds is 3. The molecule has 6 nitrogen and oxygen atoms in total. The van der Waals surface area contributed by atoms with Crippen LogP contribution in [0.15, 0.2) is 54.6 Å². The minimum atomic E-state index is -0.0758. The molecule has 0 bridgehead atoms. The Bertz CT molecular complexity index is 1000. The molecule has 0 atom stereocenters. The van der Waals surface area contributed by atoms with Gasteiger partial charge >= 0.3 is 6.03 Å². The van der Waals surface area contributed by atoms with Gasteiger partial charge in [0, 0.05) is 51.0 Å². The number of fused-ring (bicyclic) bond motifs is 1. The molecular formula is C26H29N3O3. The van der Waals surface area contributed by atoms with Crippen molar-refractivity contribution >= 4 is 23.2 Å². The number of hydrogen-bond acceptors (Lipinski definition) is 3. The largest absolute Gasteiger partial charge is 0.381 e. The lowest BCUT2D eigenvalue weighted by atomic mass is 9.95. The summed E-state index contributed by atoms with van der Waals surface area (Å²) in [6, 6.07) is 16.1. The highest BCUT2D eigenvalue weighted by molar-refractivity contribution is 5.90. The van der Waals surface area contributed by atoms with Gasteiger partial charge in [0.2, 0.25) is 5.91 Å². The Balaban J connectivity index is 1.16. The molecule has 1 N–H and O–H groups in total. The molecule has 0 saturated carbocycles. The van der Waals surface area contributed by atoms with Crippen LogP contribution < -0.4 is 5.32 Å². The Kier molecular flexibility index (Phi) is 5.95. The summed E-state index contributed by atoms with van der Waals surface area (Å²) in [5, 5.41) is 3.01. The summed E-state index contributed by atoms with van der Waals surface area (Å²) in [6.45, 7) is 4.11. The molecule has 5 rings (SSSR count). The molecule has 0 unspecified atom stereocenters. The number of urea groups is 1. The van der Waals surface area contributed by atoms with Crippen LogP contribution in [0.2, 0.25) is 0 Å². The first kappa shape index (κ1) is 20.8. The molecule has 166 valence electrons. The molecule has 32 heavy (non-hydrogen) atoms. The van der Waals surface area contributed by atoms with E-state index < -0.39 is 0 Å². The standard InChI is InChI=1S/C26H29N3O3/c30-25(21-11-15-32-16-12-21)28-13-9-20(10-14-28)19-5-7-24(8-6-19)27-26(31)29-17-22-3-1-2-4-23(22)18-29/h1-9,21H,10-18H2,(H,27,31). The van der Waals surface area contributed by atoms with Crippen LogP contribution in [0.4, 0.5) is 10.5 Å². The van der Waals surface area contributed by atoms with Crippen LogP contribution in [0.3, 0.4) is 0 Å². The van der Waals surface area contributed by atoms with Gasteiger partial charge in [-0.25, -0.2) is 4.79 Å². The minimum absolute atomic E-state index is 0.0758. The fourth-order valence-corrected chi connectivity index (χ4v) is 4.78. The van der Waals surface area contributed by atoms with Gasteiger partial charge in [-0.1, -0.05) is 42.5 Å². The number of carbonyl (C=O) groups is 2. The van der Waals surface area contributed by atoms with Crippen LogP contribution in [-0.2, 0) is 22.6 Å². The normalized spacial score (nSPS) is 18.8. The SMILES string of the molecule is O=C(Nc1ccc(C2=CCN(C(=O)C3CCOCC3)CC2)cc1)N1Cc2ccccc2C1. The second kappa shape index (κ2) is 9.17. The highest BCUT2D eigenvalue weighted by atomic mass is 16.5. The van der Waals surface area contributed by atoms with Gasteiger partial charge in [-0.15, -0.1) is 0 Å². The Morgan fingerprint density at radius 1 is 0.906 bits per heavy atom. The van der Waals surface area contributed by atoms with Crippen molar-refractivity contribution in [1.82, 2.24) is 9.80 Å². The highest BCUT2D eigenvalue weighted by Crippen LogP contribution is 2.27. The van der Waals surface area contributed by atoms with Gasteiger partial charge in [0.15, 0.2) is 0 Å². The number of nitrogens with one attached hydrogen (secondary N) is 1. The number of amides is 3. The number of ether oxygens (including phenoxy) is 1. The van der Waals surface area contributed by atoms with Gasteiger partial charge in [-0.2, -0.15) is 0 Å². The summed E-state index contributed by atoms with van der Waals surface area (Å²) in [5.41, 5.74) is 5.63. The van der Waals surface area contributed by atoms with Crippen molar-refractivity contribution in [3.8, 4) is 0 Å². The maximum absolute atomic E-state index is 12.7. The van der Waals surface area contributed by atoms with Crippen molar-refractivity contribution < 1.29 is 14.3 Å². The van der Waals surface area contributed by atoms with Crippen LogP contribution in [0.5, 0.6) is 0 Å². The predicted molar refractivity (Wildman–Crippen MR) is 124 cm³/mol. The number of carbonyl (C=O) groups excluding carboxylic acids is 2. The summed E-state index contributed by atoms with van der Waals surface area (Å²) >= 11 is 0. The zero-order valence-corrected chi connectivity index (χ0v) is 18.3. The maximum Gasteiger partial charge on any atom is 0.322 e. The molecule has 3 aliphatic rings. The highest BCUT2D eigenvalue weighted by Gasteiger charge is 2.27. The van der Waals surface area contributed by atoms with Crippen LogP contribution >= 0.6 is 0 Å². The van der Waals surface area contributed by atoms with Gasteiger partial charge < -0.3 is 19.9 Å². The first-order valence-electron chi connectivity index (χ1n) is 11.5. The first-order chi connectivity index (χ1) is 15.7. The second-order valence-corrected chi connectivity index (χ2v) is 8.78. The van der Waals surface area contributed by atoms with Crippen molar-refractivity contribution in [3.05, 3.63) is 71.3 Å². The van der Waals surface area contributed by atoms with Crippen LogP contribution in [0, 0.1) is 5.92 Å². The van der Waals surface area contributed by atoms with Crippen molar-refractivity contribution in [2.75, 3.05) is 31.6 Å². The summed E-state index contributed by atoms with van der Waals surface area (Å²) in [7, 11) is 0. The van der Waals surface area contributed by atoms with E-state index >= 15 is 0 Å². The summed E-state index contributed by atoms with van der Waals surface area (Å²) < 4.78 is 5.38. The van der Waals surface area contributed by atoms with E-state index in [1.54, 1.807) is 0 Å². The molecule has 1 fully saturated rings. The minimum Gasteiger partial charge on any atom is -0.381 e. The molecule has 1 saturated heterocycles. The van der Waals surface area contributed by atoms with Gasteiger partial charge in [-0.05, 0) is 53.7 Å². The molecule has 0 spiro atoms. The van der Waals surface area contributed by atoms with Crippen molar-refractivity contribution in [2.45, 2.75) is 32.4 Å². The average molecular weight is 432 g/mol. The molecule has 0 aliphatic carbocycles. The third-order valence-corrected chi connectivity index (χ3v) is 6.73. The van der Waals surface area contributed by atoms with E-state index in [4.69, 9.17) is 4.74 Å². The Hall–Kier alpha value is -3.12. The zero-order chi connectivity index (χ0) is 21.9. The maximum atomic E-state index is 12.7. The summed E-state index contributed by atoms with van der Waals surface area (Å²) in [5.74, 6) is 0.385. The van der Waals surface area contributed by atoms with Crippen LogP contribution in [0.25, 0.3) is 5.57 Å². The fraction of sp³-hybridized carbons (Fsp3) is 0.385. The number of nitrogens with zero attached hydrogens (tertiary/aromatic N) is 2. The molecule has 2 aromatic rings. The van der Waals surface area contributed by atoms with E-state index in [0.717, 1.165) is 37.1 Å². The zero-order valence-electron chi connectivity index (χ0n) is 18.3. The molecule has 0 aromatic heterocycles. The summed E-state index contributed by atoms with van der Waals surface area (Å²) in [6.07, 6.45) is 4.69. The van der Waals surface area contributed by atoms with Gasteiger partial charge in [0.1, 0.15) is 0 Å². The van der Waals surface area contributed by atoms with Gasteiger partial charge in [-0.3, -0.25) is 4.79 Å². The molecule has 6 heteroatoms. The van der Waals surface area contributed by atoms with E-state index in [-0.39, 0.29) is 17.9 Å². The smallest absolute Gasteiger partial charge is 0.322 e. The lowest BCUT2D eigenvalue weighted by molar-refractivity contribution is -0.138. The van der Waals surface area contributed by atoms with Crippen molar-refractivity contribution in [1.29, 1.82) is 0 Å². The van der Waals surface area contributed by atoms with E-state index in [2.05, 4.69) is 35.7 Å². The van der Waals surface area contributed by atoms with Crippen LogP contribution in [-0.4, -0.2) is 48.0 Å². The third-order valence-electron chi connectivity index (χ3n) is 6.73. The van der Waals surface area contributed by atoms with Crippen LogP contribution in [0.1, 0.15) is 36.0 Å². The average Bonchev–Trinajstić information content (AvgIpc) is 3.29. The van der Waals surface area contributed by atoms with E-state index in [9.17, 15) is 9.59 Å². The first-order valence-corrected chi connectivity index (χ1v) is 11.5. The monoisotopic (exact) mass is 431 g/mol. The molecule has 3 heterocycles. The number of hydrogen-bond donors (Lipinski definition) is 1. The molecule has 3 aliphatic heterocycles. The van der Waals surface area contributed by atoms with E-state index in [1.807, 2.05) is 34.1 Å². The van der Waals surface area contributed by atoms with Crippen molar-refractivity contribution in [2.24, 2.45) is 5.92 Å². The fourth-order valence-electron chi connectivity index (χ4n) is 4.78. The number of benzene rings is 2. The summed E-state index contributed by atoms with van der Waals surface area (Å²) in [4.78, 5) is 29.2. The topological polar surface area (TPSA) is 61.9 Å². The molecule has 3 amide bonds. The van der Waals surface area contributed by atoms with Gasteiger partial charge in [0.05, 0.1) is 0 Å².